The number of halogens is 1. The summed E-state index contributed by atoms with van der Waals surface area (Å²) in [5, 5.41) is 9.78. The van der Waals surface area contributed by atoms with E-state index in [1.54, 1.807) is 19.1 Å². The minimum absolute atomic E-state index is 0.0772. The van der Waals surface area contributed by atoms with E-state index in [1.165, 1.54) is 6.07 Å². The predicted octanol–water partition coefficient (Wildman–Crippen LogP) is 1.78. The van der Waals surface area contributed by atoms with Gasteiger partial charge in [-0.1, -0.05) is 17.7 Å². The Bertz CT molecular complexity index is 942. The number of H-pyrrole nitrogens is 1. The number of aryl methyl sites for hydroxylation is 1. The summed E-state index contributed by atoms with van der Waals surface area (Å²) in [6, 6.07) is 4.89. The molecule has 0 radical (unpaired) electrons. The molecule has 0 saturated carbocycles. The minimum atomic E-state index is -1.32. The van der Waals surface area contributed by atoms with E-state index < -0.39 is 17.2 Å². The largest absolute Gasteiger partial charge is 0.477 e. The van der Waals surface area contributed by atoms with Gasteiger partial charge in [0, 0.05) is 11.6 Å². The lowest BCUT2D eigenvalue weighted by Crippen LogP contribution is -2.40. The highest BCUT2D eigenvalue weighted by molar-refractivity contribution is 6.30. The molecule has 1 fully saturated rings. The molecule has 8 heteroatoms. The molecule has 0 aliphatic carbocycles. The van der Waals surface area contributed by atoms with Gasteiger partial charge in [-0.25, -0.2) is 14.2 Å². The summed E-state index contributed by atoms with van der Waals surface area (Å²) in [7, 11) is 0. The summed E-state index contributed by atoms with van der Waals surface area (Å²) in [5.41, 5.74) is -0.659. The first kappa shape index (κ1) is 17.4. The number of nitrogens with one attached hydrogen (secondary N) is 1. The van der Waals surface area contributed by atoms with Crippen LogP contribution < -0.4 is 11.2 Å². The average molecular weight is 364 g/mol. The third kappa shape index (κ3) is 3.38. The van der Waals surface area contributed by atoms with Gasteiger partial charge < -0.3 is 10.1 Å². The maximum absolute atomic E-state index is 13.0. The van der Waals surface area contributed by atoms with Crippen molar-refractivity contribution >= 4 is 17.6 Å². The smallest absolute Gasteiger partial charge is 0.352 e. The Morgan fingerprint density at radius 1 is 1.28 bits per heavy atom. The molecule has 2 aromatic rings. The van der Waals surface area contributed by atoms with Crippen LogP contribution in [0.4, 0.5) is 0 Å². The van der Waals surface area contributed by atoms with Crippen LogP contribution in [0.5, 0.6) is 0 Å². The number of hydrogen-bond acceptors (Lipinski definition) is 4. The van der Waals surface area contributed by atoms with E-state index in [0.717, 1.165) is 30.5 Å². The van der Waals surface area contributed by atoms with Crippen molar-refractivity contribution < 1.29 is 9.90 Å². The van der Waals surface area contributed by atoms with Gasteiger partial charge in [0.25, 0.3) is 5.56 Å². The Morgan fingerprint density at radius 2 is 1.96 bits per heavy atom. The SMILES string of the molecule is Cc1ccc(Cl)cc1-n1c(=O)[nH]c(C(=O)O)c(CN2CCCC2)c1=O. The van der Waals surface area contributed by atoms with Crippen molar-refractivity contribution in [2.45, 2.75) is 26.3 Å². The van der Waals surface area contributed by atoms with E-state index in [-0.39, 0.29) is 17.8 Å². The van der Waals surface area contributed by atoms with Gasteiger partial charge in [0.2, 0.25) is 0 Å². The third-order valence-corrected chi connectivity index (χ3v) is 4.64. The maximum atomic E-state index is 13.0. The molecular formula is C17H18ClN3O4. The van der Waals surface area contributed by atoms with Gasteiger partial charge in [-0.3, -0.25) is 9.69 Å². The van der Waals surface area contributed by atoms with Crippen LogP contribution in [0.15, 0.2) is 27.8 Å². The van der Waals surface area contributed by atoms with Crippen molar-refractivity contribution in [1.82, 2.24) is 14.5 Å². The first-order valence-electron chi connectivity index (χ1n) is 7.99. The van der Waals surface area contributed by atoms with Crippen molar-refractivity contribution in [2.75, 3.05) is 13.1 Å². The molecule has 25 heavy (non-hydrogen) atoms. The summed E-state index contributed by atoms with van der Waals surface area (Å²) in [4.78, 5) is 41.2. The van der Waals surface area contributed by atoms with E-state index in [9.17, 15) is 19.5 Å². The van der Waals surface area contributed by atoms with E-state index in [4.69, 9.17) is 11.6 Å². The van der Waals surface area contributed by atoms with Crippen LogP contribution in [0.3, 0.4) is 0 Å². The van der Waals surface area contributed by atoms with Crippen LogP contribution >= 0.6 is 11.6 Å². The zero-order valence-corrected chi connectivity index (χ0v) is 14.5. The lowest BCUT2D eigenvalue weighted by molar-refractivity contribution is 0.0687. The molecule has 0 amide bonds. The zero-order chi connectivity index (χ0) is 18.1. The lowest BCUT2D eigenvalue weighted by Gasteiger charge is -2.17. The number of carboxylic acid groups (broad SMARTS) is 1. The standard InChI is InChI=1S/C17H18ClN3O4/c1-10-4-5-11(18)8-13(10)21-15(22)12(9-20-6-2-3-7-20)14(16(23)24)19-17(21)25/h4-5,8H,2-3,6-7,9H2,1H3,(H,19,25)(H,23,24). The Kier molecular flexibility index (Phi) is 4.78. The second-order valence-electron chi connectivity index (χ2n) is 6.14. The number of carboxylic acids is 1. The summed E-state index contributed by atoms with van der Waals surface area (Å²) in [5.74, 6) is -1.32. The van der Waals surface area contributed by atoms with Gasteiger partial charge in [0.1, 0.15) is 5.69 Å². The summed E-state index contributed by atoms with van der Waals surface area (Å²) in [6.45, 7) is 3.54. The highest BCUT2D eigenvalue weighted by atomic mass is 35.5. The molecule has 1 aromatic heterocycles. The fourth-order valence-corrected chi connectivity index (χ4v) is 3.27. The highest BCUT2D eigenvalue weighted by Gasteiger charge is 2.23. The number of hydrogen-bond donors (Lipinski definition) is 2. The predicted molar refractivity (Wildman–Crippen MR) is 93.9 cm³/mol. The molecule has 0 atom stereocenters. The van der Waals surface area contributed by atoms with Gasteiger partial charge in [-0.05, 0) is 50.6 Å². The molecule has 0 bridgehead atoms. The van der Waals surface area contributed by atoms with Crippen molar-refractivity contribution in [3.05, 3.63) is 60.9 Å². The van der Waals surface area contributed by atoms with Gasteiger partial charge in [-0.2, -0.15) is 0 Å². The molecule has 132 valence electrons. The normalized spacial score (nSPS) is 14.8. The summed E-state index contributed by atoms with van der Waals surface area (Å²) < 4.78 is 0.957. The molecule has 1 aliphatic rings. The molecule has 7 nitrogen and oxygen atoms in total. The van der Waals surface area contributed by atoms with Gasteiger partial charge in [-0.15, -0.1) is 0 Å². The van der Waals surface area contributed by atoms with Crippen molar-refractivity contribution in [2.24, 2.45) is 0 Å². The van der Waals surface area contributed by atoms with Crippen LogP contribution in [0.2, 0.25) is 5.02 Å². The number of likely N-dealkylation sites (tertiary alicyclic amines) is 1. The number of nitrogens with zero attached hydrogens (tertiary/aromatic N) is 2. The van der Waals surface area contributed by atoms with Gasteiger partial charge in [0.15, 0.2) is 0 Å². The van der Waals surface area contributed by atoms with E-state index in [2.05, 4.69) is 4.98 Å². The molecule has 2 heterocycles. The van der Waals surface area contributed by atoms with Crippen LogP contribution in [-0.2, 0) is 6.54 Å². The molecule has 3 rings (SSSR count). The first-order valence-corrected chi connectivity index (χ1v) is 8.36. The number of aromatic carboxylic acids is 1. The molecular weight excluding hydrogens is 346 g/mol. The highest BCUT2D eigenvalue weighted by Crippen LogP contribution is 2.18. The van der Waals surface area contributed by atoms with Crippen LogP contribution in [0.25, 0.3) is 5.69 Å². The number of benzene rings is 1. The fraction of sp³-hybridized carbons (Fsp3) is 0.353. The molecule has 1 saturated heterocycles. The molecule has 1 aromatic carbocycles. The molecule has 0 spiro atoms. The topological polar surface area (TPSA) is 95.4 Å². The Hall–Kier alpha value is -2.38. The van der Waals surface area contributed by atoms with E-state index in [1.807, 2.05) is 4.90 Å². The van der Waals surface area contributed by atoms with Crippen LogP contribution in [-0.4, -0.2) is 38.6 Å². The van der Waals surface area contributed by atoms with Crippen molar-refractivity contribution in [1.29, 1.82) is 0 Å². The monoisotopic (exact) mass is 363 g/mol. The first-order chi connectivity index (χ1) is 11.9. The number of carbonyl (C=O) groups is 1. The number of rotatable bonds is 4. The molecule has 0 unspecified atom stereocenters. The van der Waals surface area contributed by atoms with Crippen LogP contribution in [0, 0.1) is 6.92 Å². The quantitative estimate of drug-likeness (QED) is 0.863. The molecule has 2 N–H and O–H groups in total. The molecule has 1 aliphatic heterocycles. The average Bonchev–Trinajstić information content (AvgIpc) is 3.06. The van der Waals surface area contributed by atoms with E-state index in [0.29, 0.717) is 16.3 Å². The Morgan fingerprint density at radius 3 is 2.60 bits per heavy atom. The van der Waals surface area contributed by atoms with Crippen molar-refractivity contribution in [3.8, 4) is 5.69 Å². The fourth-order valence-electron chi connectivity index (χ4n) is 3.11. The Balaban J connectivity index is 2.23. The van der Waals surface area contributed by atoms with E-state index >= 15 is 0 Å². The summed E-state index contributed by atoms with van der Waals surface area (Å²) >= 11 is 6.00. The Labute approximate surface area is 148 Å². The van der Waals surface area contributed by atoms with Gasteiger partial charge in [0.05, 0.1) is 11.3 Å². The second kappa shape index (κ2) is 6.85. The third-order valence-electron chi connectivity index (χ3n) is 4.40. The van der Waals surface area contributed by atoms with Gasteiger partial charge >= 0.3 is 11.7 Å². The maximum Gasteiger partial charge on any atom is 0.352 e. The lowest BCUT2D eigenvalue weighted by atomic mass is 10.1. The minimum Gasteiger partial charge on any atom is -0.477 e. The number of aromatic nitrogens is 2. The number of aromatic amines is 1. The van der Waals surface area contributed by atoms with Crippen LogP contribution in [0.1, 0.15) is 34.5 Å². The summed E-state index contributed by atoms with van der Waals surface area (Å²) in [6.07, 6.45) is 2.01. The van der Waals surface area contributed by atoms with Crippen molar-refractivity contribution in [3.63, 3.8) is 0 Å². The zero-order valence-electron chi connectivity index (χ0n) is 13.7. The second-order valence-corrected chi connectivity index (χ2v) is 6.58.